The summed E-state index contributed by atoms with van der Waals surface area (Å²) in [5.41, 5.74) is 13.2. The van der Waals surface area contributed by atoms with E-state index in [1.807, 2.05) is 0 Å². The lowest BCUT2D eigenvalue weighted by atomic mass is 9.97. The van der Waals surface area contributed by atoms with Gasteiger partial charge in [-0.15, -0.1) is 0 Å². The van der Waals surface area contributed by atoms with Crippen molar-refractivity contribution in [3.05, 3.63) is 23.8 Å². The van der Waals surface area contributed by atoms with Crippen molar-refractivity contribution in [1.29, 1.82) is 0 Å². The summed E-state index contributed by atoms with van der Waals surface area (Å²) in [5, 5.41) is 9.18. The van der Waals surface area contributed by atoms with Gasteiger partial charge in [-0.25, -0.2) is 0 Å². The Kier molecular flexibility index (Phi) is 4.27. The highest BCUT2D eigenvalue weighted by Crippen LogP contribution is 2.33. The fourth-order valence-electron chi connectivity index (χ4n) is 2.82. The largest absolute Gasteiger partial charge is 0.397 e. The molecule has 5 heteroatoms. The van der Waals surface area contributed by atoms with Crippen molar-refractivity contribution in [2.24, 2.45) is 5.73 Å². The lowest BCUT2D eigenvalue weighted by molar-refractivity contribution is 0.100. The lowest BCUT2D eigenvalue weighted by Gasteiger charge is -2.38. The predicted octanol–water partition coefficient (Wildman–Crippen LogP) is 1.11. The Labute approximate surface area is 113 Å². The van der Waals surface area contributed by atoms with E-state index in [1.54, 1.807) is 18.2 Å². The van der Waals surface area contributed by atoms with E-state index in [-0.39, 0.29) is 12.6 Å². The highest BCUT2D eigenvalue weighted by molar-refractivity contribution is 6.01. The molecule has 0 radical (unpaired) electrons. The SMILES string of the molecule is NC(=O)c1cccc(N)c1N1CCCCC1CCO. The zero-order valence-corrected chi connectivity index (χ0v) is 11.0. The Hall–Kier alpha value is -1.75. The zero-order valence-electron chi connectivity index (χ0n) is 11.0. The third-order valence-electron chi connectivity index (χ3n) is 3.71. The van der Waals surface area contributed by atoms with Crippen LogP contribution in [0.25, 0.3) is 0 Å². The van der Waals surface area contributed by atoms with Gasteiger partial charge >= 0.3 is 0 Å². The average Bonchev–Trinajstić information content (AvgIpc) is 2.40. The fraction of sp³-hybridized carbons (Fsp3) is 0.500. The van der Waals surface area contributed by atoms with Crippen LogP contribution in [0.4, 0.5) is 11.4 Å². The number of carbonyl (C=O) groups is 1. The maximum absolute atomic E-state index is 11.6. The molecule has 1 atom stereocenters. The molecule has 1 aliphatic rings. The number of aliphatic hydroxyl groups excluding tert-OH is 1. The molecule has 0 bridgehead atoms. The van der Waals surface area contributed by atoms with Gasteiger partial charge in [-0.1, -0.05) is 6.07 Å². The first-order chi connectivity index (χ1) is 9.15. The third-order valence-corrected chi connectivity index (χ3v) is 3.71. The van der Waals surface area contributed by atoms with Crippen molar-refractivity contribution < 1.29 is 9.90 Å². The summed E-state index contributed by atoms with van der Waals surface area (Å²) in [5.74, 6) is -0.462. The summed E-state index contributed by atoms with van der Waals surface area (Å²) in [6.07, 6.45) is 3.90. The third kappa shape index (κ3) is 2.81. The summed E-state index contributed by atoms with van der Waals surface area (Å²) >= 11 is 0. The maximum atomic E-state index is 11.6. The van der Waals surface area contributed by atoms with E-state index >= 15 is 0 Å². The van der Waals surface area contributed by atoms with Gasteiger partial charge < -0.3 is 21.5 Å². The number of primary amides is 1. The van der Waals surface area contributed by atoms with Gasteiger partial charge in [-0.05, 0) is 37.8 Å². The first-order valence-corrected chi connectivity index (χ1v) is 6.71. The van der Waals surface area contributed by atoms with Crippen LogP contribution in [0.2, 0.25) is 0 Å². The number of aliphatic hydroxyl groups is 1. The van der Waals surface area contributed by atoms with Crippen LogP contribution in [-0.4, -0.2) is 30.2 Å². The number of nitrogen functional groups attached to an aromatic ring is 1. The van der Waals surface area contributed by atoms with Crippen molar-refractivity contribution in [2.75, 3.05) is 23.8 Å². The average molecular weight is 263 g/mol. The van der Waals surface area contributed by atoms with E-state index in [2.05, 4.69) is 4.90 Å². The van der Waals surface area contributed by atoms with Gasteiger partial charge in [-0.3, -0.25) is 4.79 Å². The Morgan fingerprint density at radius 2 is 2.21 bits per heavy atom. The van der Waals surface area contributed by atoms with E-state index in [0.29, 0.717) is 17.7 Å². The molecule has 1 aliphatic heterocycles. The van der Waals surface area contributed by atoms with Crippen LogP contribution >= 0.6 is 0 Å². The molecule has 0 spiro atoms. The van der Waals surface area contributed by atoms with Gasteiger partial charge in [0.15, 0.2) is 0 Å². The van der Waals surface area contributed by atoms with Crippen LogP contribution in [0.5, 0.6) is 0 Å². The number of nitrogens with zero attached hydrogens (tertiary/aromatic N) is 1. The zero-order chi connectivity index (χ0) is 13.8. The van der Waals surface area contributed by atoms with Crippen molar-refractivity contribution in [3.63, 3.8) is 0 Å². The van der Waals surface area contributed by atoms with Crippen LogP contribution in [-0.2, 0) is 0 Å². The highest BCUT2D eigenvalue weighted by atomic mass is 16.3. The monoisotopic (exact) mass is 263 g/mol. The topological polar surface area (TPSA) is 92.6 Å². The standard InChI is InChI=1S/C14H21N3O2/c15-12-6-3-5-11(14(16)19)13(12)17-8-2-1-4-10(17)7-9-18/h3,5-6,10,18H,1-2,4,7-9,15H2,(H2,16,19). The second kappa shape index (κ2) is 5.93. The number of nitrogens with two attached hydrogens (primary N) is 2. The molecule has 1 fully saturated rings. The second-order valence-corrected chi connectivity index (χ2v) is 4.96. The number of amides is 1. The van der Waals surface area contributed by atoms with Crippen LogP contribution in [0.3, 0.4) is 0 Å². The minimum Gasteiger partial charge on any atom is -0.397 e. The molecule has 0 saturated carbocycles. The van der Waals surface area contributed by atoms with Crippen molar-refractivity contribution in [3.8, 4) is 0 Å². The van der Waals surface area contributed by atoms with Crippen LogP contribution in [0.1, 0.15) is 36.0 Å². The van der Waals surface area contributed by atoms with E-state index in [1.165, 1.54) is 0 Å². The summed E-state index contributed by atoms with van der Waals surface area (Å²) in [4.78, 5) is 13.7. The number of para-hydroxylation sites is 1. The highest BCUT2D eigenvalue weighted by Gasteiger charge is 2.26. The molecule has 1 heterocycles. The first-order valence-electron chi connectivity index (χ1n) is 6.71. The van der Waals surface area contributed by atoms with Gasteiger partial charge in [0.1, 0.15) is 0 Å². The molecule has 0 aromatic heterocycles. The van der Waals surface area contributed by atoms with Crippen molar-refractivity contribution in [1.82, 2.24) is 0 Å². The molecule has 1 unspecified atom stereocenters. The Morgan fingerprint density at radius 1 is 1.42 bits per heavy atom. The van der Waals surface area contributed by atoms with Gasteiger partial charge in [0.25, 0.3) is 5.91 Å². The molecular weight excluding hydrogens is 242 g/mol. The Morgan fingerprint density at radius 3 is 2.89 bits per heavy atom. The van der Waals surface area contributed by atoms with Crippen molar-refractivity contribution >= 4 is 17.3 Å². The molecule has 2 rings (SSSR count). The second-order valence-electron chi connectivity index (χ2n) is 4.96. The lowest BCUT2D eigenvalue weighted by Crippen LogP contribution is -2.41. The number of benzene rings is 1. The number of hydrogen-bond acceptors (Lipinski definition) is 4. The molecule has 1 aromatic carbocycles. The Balaban J connectivity index is 2.40. The molecule has 1 amide bonds. The summed E-state index contributed by atoms with van der Waals surface area (Å²) in [6, 6.07) is 5.45. The van der Waals surface area contributed by atoms with E-state index < -0.39 is 5.91 Å². The molecule has 19 heavy (non-hydrogen) atoms. The maximum Gasteiger partial charge on any atom is 0.250 e. The molecule has 104 valence electrons. The number of anilines is 2. The summed E-state index contributed by atoms with van der Waals surface area (Å²) < 4.78 is 0. The van der Waals surface area contributed by atoms with E-state index in [0.717, 1.165) is 31.5 Å². The Bertz CT molecular complexity index is 460. The minimum absolute atomic E-state index is 0.139. The molecule has 5 nitrogen and oxygen atoms in total. The van der Waals surface area contributed by atoms with E-state index in [9.17, 15) is 9.90 Å². The van der Waals surface area contributed by atoms with E-state index in [4.69, 9.17) is 11.5 Å². The molecule has 1 saturated heterocycles. The number of piperidine rings is 1. The summed E-state index contributed by atoms with van der Waals surface area (Å²) in [7, 11) is 0. The minimum atomic E-state index is -0.462. The predicted molar refractivity (Wildman–Crippen MR) is 76.1 cm³/mol. The van der Waals surface area contributed by atoms with Gasteiger partial charge in [0, 0.05) is 19.2 Å². The normalized spacial score (nSPS) is 19.4. The van der Waals surface area contributed by atoms with Crippen LogP contribution in [0, 0.1) is 0 Å². The molecular formula is C14H21N3O2. The van der Waals surface area contributed by atoms with Crippen LogP contribution in [0.15, 0.2) is 18.2 Å². The van der Waals surface area contributed by atoms with Gasteiger partial charge in [0.05, 0.1) is 16.9 Å². The van der Waals surface area contributed by atoms with Gasteiger partial charge in [0.2, 0.25) is 0 Å². The fourth-order valence-corrected chi connectivity index (χ4v) is 2.82. The summed E-state index contributed by atoms with van der Waals surface area (Å²) in [6.45, 7) is 0.985. The van der Waals surface area contributed by atoms with Gasteiger partial charge in [-0.2, -0.15) is 0 Å². The molecule has 5 N–H and O–H groups in total. The number of hydrogen-bond donors (Lipinski definition) is 3. The molecule has 1 aromatic rings. The molecule has 0 aliphatic carbocycles. The first kappa shape index (κ1) is 13.7. The number of rotatable bonds is 4. The van der Waals surface area contributed by atoms with Crippen LogP contribution < -0.4 is 16.4 Å². The quantitative estimate of drug-likeness (QED) is 0.709. The smallest absolute Gasteiger partial charge is 0.250 e. The van der Waals surface area contributed by atoms with Crippen molar-refractivity contribution in [2.45, 2.75) is 31.7 Å². The number of carbonyl (C=O) groups excluding carboxylic acids is 1.